The molecule has 4 nitrogen and oxygen atoms in total. The average molecular weight is 404 g/mol. The number of aryl methyl sites for hydroxylation is 1. The van der Waals surface area contributed by atoms with E-state index >= 15 is 0 Å². The van der Waals surface area contributed by atoms with Gasteiger partial charge in [-0.2, -0.15) is 5.26 Å². The van der Waals surface area contributed by atoms with Gasteiger partial charge in [-0.1, -0.05) is 18.2 Å². The fraction of sp³-hybridized carbons (Fsp3) is 0.167. The van der Waals surface area contributed by atoms with Gasteiger partial charge in [-0.3, -0.25) is 4.79 Å². The zero-order valence-electron chi connectivity index (χ0n) is 16.2. The van der Waals surface area contributed by atoms with Crippen LogP contribution >= 0.6 is 0 Å². The van der Waals surface area contributed by atoms with Crippen LogP contribution in [0.4, 0.5) is 8.78 Å². The topological polar surface area (TPSA) is 62.1 Å². The van der Waals surface area contributed by atoms with Gasteiger partial charge in [0.25, 0.3) is 5.91 Å². The van der Waals surface area contributed by atoms with Crippen molar-refractivity contribution in [2.24, 2.45) is 0 Å². The monoisotopic (exact) mass is 404 g/mol. The third-order valence-electron chi connectivity index (χ3n) is 5.20. The Morgan fingerprint density at radius 2 is 1.83 bits per heavy atom. The van der Waals surface area contributed by atoms with Crippen molar-refractivity contribution in [3.05, 3.63) is 88.5 Å². The molecule has 0 fully saturated rings. The van der Waals surface area contributed by atoms with E-state index in [4.69, 9.17) is 10.00 Å². The Labute approximate surface area is 172 Å². The summed E-state index contributed by atoms with van der Waals surface area (Å²) < 4.78 is 33.9. The summed E-state index contributed by atoms with van der Waals surface area (Å²) in [6.45, 7) is 2.11. The molecule has 1 aliphatic heterocycles. The van der Waals surface area contributed by atoms with E-state index in [9.17, 15) is 13.6 Å². The van der Waals surface area contributed by atoms with Crippen molar-refractivity contribution in [2.45, 2.75) is 19.4 Å². The fourth-order valence-electron chi connectivity index (χ4n) is 3.50. The van der Waals surface area contributed by atoms with Crippen LogP contribution in [0.15, 0.2) is 54.6 Å². The molecular formula is C24H18F2N2O2. The quantitative estimate of drug-likeness (QED) is 0.663. The maximum atomic E-state index is 14.2. The maximum absolute atomic E-state index is 14.2. The van der Waals surface area contributed by atoms with Gasteiger partial charge in [-0.15, -0.1) is 0 Å². The van der Waals surface area contributed by atoms with E-state index in [0.717, 1.165) is 22.8 Å². The summed E-state index contributed by atoms with van der Waals surface area (Å²) in [5.74, 6) is -0.977. The van der Waals surface area contributed by atoms with Crippen LogP contribution in [-0.2, 0) is 0 Å². The first-order valence-corrected chi connectivity index (χ1v) is 9.50. The summed E-state index contributed by atoms with van der Waals surface area (Å²) in [5, 5.41) is 11.7. The lowest BCUT2D eigenvalue weighted by atomic mass is 9.94. The Bertz CT molecular complexity index is 1180. The molecule has 0 spiro atoms. The van der Waals surface area contributed by atoms with Crippen LogP contribution in [0.25, 0.3) is 11.1 Å². The van der Waals surface area contributed by atoms with Crippen LogP contribution in [0.3, 0.4) is 0 Å². The van der Waals surface area contributed by atoms with Crippen molar-refractivity contribution in [3.8, 4) is 22.9 Å². The van der Waals surface area contributed by atoms with Crippen molar-refractivity contribution in [1.29, 1.82) is 5.26 Å². The summed E-state index contributed by atoms with van der Waals surface area (Å²) in [4.78, 5) is 12.7. The number of hydrogen-bond donors (Lipinski definition) is 1. The normalized spacial score (nSPS) is 14.9. The van der Waals surface area contributed by atoms with Crippen LogP contribution in [0, 0.1) is 29.9 Å². The molecule has 1 N–H and O–H groups in total. The number of ether oxygens (including phenoxy) is 1. The molecule has 30 heavy (non-hydrogen) atoms. The minimum Gasteiger partial charge on any atom is -0.493 e. The van der Waals surface area contributed by atoms with Gasteiger partial charge in [0, 0.05) is 12.0 Å². The van der Waals surface area contributed by atoms with E-state index < -0.39 is 11.7 Å². The van der Waals surface area contributed by atoms with Gasteiger partial charge >= 0.3 is 0 Å². The predicted octanol–water partition coefficient (Wildman–Crippen LogP) is 5.07. The Morgan fingerprint density at radius 1 is 1.07 bits per heavy atom. The van der Waals surface area contributed by atoms with Gasteiger partial charge in [0.05, 0.1) is 29.8 Å². The van der Waals surface area contributed by atoms with Gasteiger partial charge in [0.2, 0.25) is 0 Å². The van der Waals surface area contributed by atoms with Gasteiger partial charge in [0.1, 0.15) is 17.4 Å². The number of nitriles is 1. The SMILES string of the molecule is Cc1ccc(-c2ccc3c(c2)C(NC(=O)c2ccc(C#N)cc2F)CCO3)cc1F. The third kappa shape index (κ3) is 3.74. The van der Waals surface area contributed by atoms with Crippen LogP contribution in [-0.4, -0.2) is 12.5 Å². The van der Waals surface area contributed by atoms with Gasteiger partial charge in [-0.05, 0) is 60.0 Å². The first kappa shape index (κ1) is 19.6. The number of fused-ring (bicyclic) bond motifs is 1. The van der Waals surface area contributed by atoms with Crippen molar-refractivity contribution in [1.82, 2.24) is 5.32 Å². The Kier molecular flexibility index (Phi) is 5.20. The number of carbonyl (C=O) groups excluding carboxylic acids is 1. The summed E-state index contributed by atoms with van der Waals surface area (Å²) in [6.07, 6.45) is 0.516. The molecule has 3 aromatic carbocycles. The molecule has 0 radical (unpaired) electrons. The van der Waals surface area contributed by atoms with Crippen molar-refractivity contribution in [3.63, 3.8) is 0 Å². The van der Waals surface area contributed by atoms with E-state index in [1.165, 1.54) is 18.2 Å². The lowest BCUT2D eigenvalue weighted by molar-refractivity contribution is 0.0920. The second-order valence-electron chi connectivity index (χ2n) is 7.19. The molecule has 1 unspecified atom stereocenters. The molecular weight excluding hydrogens is 386 g/mol. The van der Waals surface area contributed by atoms with Crippen molar-refractivity contribution >= 4 is 5.91 Å². The summed E-state index contributed by atoms with van der Waals surface area (Å²) in [7, 11) is 0. The van der Waals surface area contributed by atoms with Crippen LogP contribution in [0.1, 0.15) is 39.5 Å². The molecule has 1 heterocycles. The number of rotatable bonds is 3. The molecule has 0 bridgehead atoms. The summed E-state index contributed by atoms with van der Waals surface area (Å²) >= 11 is 0. The fourth-order valence-corrected chi connectivity index (χ4v) is 3.50. The summed E-state index contributed by atoms with van der Waals surface area (Å²) in [5.41, 5.74) is 2.85. The molecule has 0 saturated carbocycles. The van der Waals surface area contributed by atoms with E-state index in [1.54, 1.807) is 19.1 Å². The smallest absolute Gasteiger partial charge is 0.254 e. The lowest BCUT2D eigenvalue weighted by Crippen LogP contribution is -2.32. The van der Waals surface area contributed by atoms with Gasteiger partial charge < -0.3 is 10.1 Å². The molecule has 0 aromatic heterocycles. The number of carbonyl (C=O) groups is 1. The third-order valence-corrected chi connectivity index (χ3v) is 5.20. The zero-order chi connectivity index (χ0) is 21.3. The number of nitrogens with zero attached hydrogens (tertiary/aromatic N) is 1. The van der Waals surface area contributed by atoms with Gasteiger partial charge in [-0.25, -0.2) is 8.78 Å². The Balaban J connectivity index is 1.63. The highest BCUT2D eigenvalue weighted by molar-refractivity contribution is 5.95. The molecule has 1 amide bonds. The van der Waals surface area contributed by atoms with Crippen molar-refractivity contribution in [2.75, 3.05) is 6.61 Å². The average Bonchev–Trinajstić information content (AvgIpc) is 2.75. The number of nitrogens with one attached hydrogen (secondary N) is 1. The minimum absolute atomic E-state index is 0.126. The molecule has 1 atom stereocenters. The van der Waals surface area contributed by atoms with E-state index in [-0.39, 0.29) is 23.0 Å². The lowest BCUT2D eigenvalue weighted by Gasteiger charge is -2.27. The predicted molar refractivity (Wildman–Crippen MR) is 108 cm³/mol. The highest BCUT2D eigenvalue weighted by Gasteiger charge is 2.25. The van der Waals surface area contributed by atoms with E-state index in [2.05, 4.69) is 5.32 Å². The molecule has 0 saturated heterocycles. The zero-order valence-corrected chi connectivity index (χ0v) is 16.2. The maximum Gasteiger partial charge on any atom is 0.254 e. The Hall–Kier alpha value is -3.72. The molecule has 150 valence electrons. The van der Waals surface area contributed by atoms with Gasteiger partial charge in [0.15, 0.2) is 0 Å². The number of hydrogen-bond acceptors (Lipinski definition) is 3. The molecule has 3 aromatic rings. The van der Waals surface area contributed by atoms with E-state index in [0.29, 0.717) is 24.3 Å². The van der Waals surface area contributed by atoms with Crippen LogP contribution < -0.4 is 10.1 Å². The number of benzene rings is 3. The number of amides is 1. The van der Waals surface area contributed by atoms with Crippen LogP contribution in [0.5, 0.6) is 5.75 Å². The Morgan fingerprint density at radius 3 is 2.57 bits per heavy atom. The molecule has 1 aliphatic rings. The standard InChI is InChI=1S/C24H18F2N2O2/c1-14-2-4-17(12-20(14)25)16-5-7-23-19(11-16)22(8-9-30-23)28-24(29)18-6-3-15(13-27)10-21(18)26/h2-7,10-12,22H,8-9H2,1H3,(H,28,29). The summed E-state index contributed by atoms with van der Waals surface area (Å²) in [6, 6.07) is 15.7. The van der Waals surface area contributed by atoms with E-state index in [1.807, 2.05) is 24.3 Å². The van der Waals surface area contributed by atoms with Crippen LogP contribution in [0.2, 0.25) is 0 Å². The second kappa shape index (κ2) is 7.96. The first-order chi connectivity index (χ1) is 14.5. The second-order valence-corrected chi connectivity index (χ2v) is 7.19. The molecule has 0 aliphatic carbocycles. The largest absolute Gasteiger partial charge is 0.493 e. The molecule has 4 rings (SSSR count). The van der Waals surface area contributed by atoms with Crippen molar-refractivity contribution < 1.29 is 18.3 Å². The minimum atomic E-state index is -0.747. The highest BCUT2D eigenvalue weighted by atomic mass is 19.1. The molecule has 6 heteroatoms. The number of halogens is 2. The first-order valence-electron chi connectivity index (χ1n) is 9.50. The highest BCUT2D eigenvalue weighted by Crippen LogP contribution is 2.36.